The van der Waals surface area contributed by atoms with Crippen LogP contribution in [0.5, 0.6) is 5.75 Å². The second kappa shape index (κ2) is 8.67. The standard InChI is InChI=1S/C13H13ClN2O4/c1-15-12(17)20-11-6-4-5-10(9-11)16-13(18)19-8-3-2-7-14/h4-6,9H,7-8H2,1H3,(H,15,17)(H,16,18). The Labute approximate surface area is 121 Å². The van der Waals surface area contributed by atoms with Gasteiger partial charge < -0.3 is 14.8 Å². The lowest BCUT2D eigenvalue weighted by atomic mass is 10.3. The summed E-state index contributed by atoms with van der Waals surface area (Å²) in [5.41, 5.74) is 0.432. The molecule has 2 N–H and O–H groups in total. The van der Waals surface area contributed by atoms with E-state index in [1.165, 1.54) is 13.1 Å². The molecule has 106 valence electrons. The van der Waals surface area contributed by atoms with Gasteiger partial charge in [-0.05, 0) is 12.1 Å². The van der Waals surface area contributed by atoms with Crippen LogP contribution in [0.1, 0.15) is 0 Å². The molecule has 0 bridgehead atoms. The molecule has 1 aromatic rings. The summed E-state index contributed by atoms with van der Waals surface area (Å²) in [7, 11) is 1.45. The first-order valence-corrected chi connectivity index (χ1v) is 6.14. The van der Waals surface area contributed by atoms with Gasteiger partial charge in [0.15, 0.2) is 6.61 Å². The van der Waals surface area contributed by atoms with Crippen LogP contribution >= 0.6 is 11.6 Å². The number of carbonyl (C=O) groups excluding carboxylic acids is 2. The van der Waals surface area contributed by atoms with Gasteiger partial charge in [-0.1, -0.05) is 17.9 Å². The maximum absolute atomic E-state index is 11.4. The van der Waals surface area contributed by atoms with Crippen molar-refractivity contribution in [1.29, 1.82) is 0 Å². The monoisotopic (exact) mass is 296 g/mol. The molecule has 0 atom stereocenters. The number of ether oxygens (including phenoxy) is 2. The molecule has 2 amide bonds. The molecule has 0 aliphatic heterocycles. The van der Waals surface area contributed by atoms with Crippen molar-refractivity contribution < 1.29 is 19.1 Å². The van der Waals surface area contributed by atoms with E-state index in [4.69, 9.17) is 21.1 Å². The summed E-state index contributed by atoms with van der Waals surface area (Å²) >= 11 is 5.34. The molecule has 20 heavy (non-hydrogen) atoms. The quantitative estimate of drug-likeness (QED) is 0.662. The first-order valence-electron chi connectivity index (χ1n) is 5.61. The minimum atomic E-state index is -0.661. The van der Waals surface area contributed by atoms with E-state index in [2.05, 4.69) is 22.5 Å². The molecular weight excluding hydrogens is 284 g/mol. The highest BCUT2D eigenvalue weighted by Crippen LogP contribution is 2.17. The van der Waals surface area contributed by atoms with Crippen LogP contribution in [0.4, 0.5) is 15.3 Å². The first kappa shape index (κ1) is 15.7. The summed E-state index contributed by atoms with van der Waals surface area (Å²) in [6, 6.07) is 6.32. The second-order valence-electron chi connectivity index (χ2n) is 3.36. The van der Waals surface area contributed by atoms with Crippen molar-refractivity contribution in [3.05, 3.63) is 24.3 Å². The van der Waals surface area contributed by atoms with E-state index in [1.54, 1.807) is 18.2 Å². The van der Waals surface area contributed by atoms with Crippen LogP contribution in [0.25, 0.3) is 0 Å². The van der Waals surface area contributed by atoms with Gasteiger partial charge in [-0.3, -0.25) is 5.32 Å². The van der Waals surface area contributed by atoms with Crippen LogP contribution in [0.3, 0.4) is 0 Å². The van der Waals surface area contributed by atoms with Crippen molar-refractivity contribution in [3.8, 4) is 17.6 Å². The van der Waals surface area contributed by atoms with Crippen molar-refractivity contribution in [2.24, 2.45) is 0 Å². The SMILES string of the molecule is CNC(=O)Oc1cccc(NC(=O)OCC#CCCl)c1. The number of alkyl halides is 1. The van der Waals surface area contributed by atoms with Gasteiger partial charge in [0.1, 0.15) is 5.75 Å². The van der Waals surface area contributed by atoms with Gasteiger partial charge in [-0.15, -0.1) is 11.6 Å². The van der Waals surface area contributed by atoms with E-state index in [-0.39, 0.29) is 12.5 Å². The predicted molar refractivity (Wildman–Crippen MR) is 75.0 cm³/mol. The van der Waals surface area contributed by atoms with Crippen LogP contribution in [0.15, 0.2) is 24.3 Å². The lowest BCUT2D eigenvalue weighted by Crippen LogP contribution is -2.22. The number of rotatable bonds is 3. The summed E-state index contributed by atoms with van der Waals surface area (Å²) < 4.78 is 9.71. The fraction of sp³-hybridized carbons (Fsp3) is 0.231. The molecule has 6 nitrogen and oxygen atoms in total. The number of anilines is 1. The Balaban J connectivity index is 2.53. The van der Waals surface area contributed by atoms with E-state index < -0.39 is 12.2 Å². The van der Waals surface area contributed by atoms with E-state index in [0.29, 0.717) is 11.4 Å². The zero-order valence-corrected chi connectivity index (χ0v) is 11.5. The average Bonchev–Trinajstić information content (AvgIpc) is 2.44. The molecule has 0 saturated heterocycles. The summed E-state index contributed by atoms with van der Waals surface area (Å²) in [6.07, 6.45) is -1.26. The number of amides is 2. The second-order valence-corrected chi connectivity index (χ2v) is 3.62. The highest BCUT2D eigenvalue weighted by atomic mass is 35.5. The highest BCUT2D eigenvalue weighted by molar-refractivity contribution is 6.19. The summed E-state index contributed by atoms with van der Waals surface area (Å²) in [5, 5.41) is 4.79. The minimum Gasteiger partial charge on any atom is -0.436 e. The van der Waals surface area contributed by atoms with Crippen LogP contribution in [0.2, 0.25) is 0 Å². The van der Waals surface area contributed by atoms with Crippen LogP contribution < -0.4 is 15.4 Å². The van der Waals surface area contributed by atoms with Crippen LogP contribution in [0, 0.1) is 11.8 Å². The van der Waals surface area contributed by atoms with Gasteiger partial charge in [0.25, 0.3) is 0 Å². The van der Waals surface area contributed by atoms with Crippen LogP contribution in [-0.2, 0) is 4.74 Å². The number of hydrogen-bond acceptors (Lipinski definition) is 4. The third kappa shape index (κ3) is 5.98. The number of nitrogens with one attached hydrogen (secondary N) is 2. The maximum Gasteiger partial charge on any atom is 0.412 e. The van der Waals surface area contributed by atoms with E-state index in [1.807, 2.05) is 0 Å². The Morgan fingerprint density at radius 1 is 1.30 bits per heavy atom. The zero-order chi connectivity index (χ0) is 14.8. The lowest BCUT2D eigenvalue weighted by Gasteiger charge is -2.07. The third-order valence-corrected chi connectivity index (χ3v) is 2.10. The van der Waals surface area contributed by atoms with E-state index in [9.17, 15) is 9.59 Å². The van der Waals surface area contributed by atoms with Gasteiger partial charge in [-0.25, -0.2) is 9.59 Å². The van der Waals surface area contributed by atoms with E-state index in [0.717, 1.165) is 0 Å². The number of carbonyl (C=O) groups is 2. The average molecular weight is 297 g/mol. The Hall–Kier alpha value is -2.39. The maximum atomic E-state index is 11.4. The molecule has 0 unspecified atom stereocenters. The van der Waals surface area contributed by atoms with Gasteiger partial charge in [0.05, 0.1) is 5.88 Å². The van der Waals surface area contributed by atoms with Crippen molar-refractivity contribution in [1.82, 2.24) is 5.32 Å². The minimum absolute atomic E-state index is 0.0486. The summed E-state index contributed by atoms with van der Waals surface area (Å²) in [5.74, 6) is 5.58. The molecule has 0 spiro atoms. The topological polar surface area (TPSA) is 76.7 Å². The molecule has 1 aromatic carbocycles. The van der Waals surface area contributed by atoms with Gasteiger partial charge >= 0.3 is 12.2 Å². The van der Waals surface area contributed by atoms with Crippen molar-refractivity contribution in [2.45, 2.75) is 0 Å². The fourth-order valence-electron chi connectivity index (χ4n) is 1.15. The molecule has 0 aliphatic carbocycles. The largest absolute Gasteiger partial charge is 0.436 e. The number of halogens is 1. The molecule has 7 heteroatoms. The Bertz CT molecular complexity index is 537. The molecule has 1 rings (SSSR count). The molecule has 0 radical (unpaired) electrons. The molecule has 0 saturated carbocycles. The lowest BCUT2D eigenvalue weighted by molar-refractivity contribution is 0.176. The van der Waals surface area contributed by atoms with E-state index >= 15 is 0 Å². The normalized spacial score (nSPS) is 8.90. The Kier molecular flexibility index (Phi) is 6.79. The van der Waals surface area contributed by atoms with Gasteiger partial charge in [-0.2, -0.15) is 0 Å². The zero-order valence-electron chi connectivity index (χ0n) is 10.7. The molecule has 0 fully saturated rings. The Morgan fingerprint density at radius 2 is 2.10 bits per heavy atom. The molecule has 0 heterocycles. The molecule has 0 aromatic heterocycles. The predicted octanol–water partition coefficient (Wildman–Crippen LogP) is 2.20. The Morgan fingerprint density at radius 3 is 2.80 bits per heavy atom. The van der Waals surface area contributed by atoms with Crippen LogP contribution in [-0.4, -0.2) is 31.7 Å². The third-order valence-electron chi connectivity index (χ3n) is 1.96. The molecular formula is C13H13ClN2O4. The van der Waals surface area contributed by atoms with Crippen molar-refractivity contribution >= 4 is 29.5 Å². The number of benzene rings is 1. The molecule has 0 aliphatic rings. The summed E-state index contributed by atoms with van der Waals surface area (Å²) in [4.78, 5) is 22.5. The van der Waals surface area contributed by atoms with Crippen molar-refractivity contribution in [2.75, 3.05) is 24.9 Å². The van der Waals surface area contributed by atoms with Gasteiger partial charge in [0.2, 0.25) is 0 Å². The smallest absolute Gasteiger partial charge is 0.412 e. The van der Waals surface area contributed by atoms with Gasteiger partial charge in [0, 0.05) is 18.8 Å². The summed E-state index contributed by atoms with van der Waals surface area (Å²) in [6.45, 7) is -0.0486. The highest BCUT2D eigenvalue weighted by Gasteiger charge is 2.05. The fourth-order valence-corrected chi connectivity index (χ4v) is 1.24. The van der Waals surface area contributed by atoms with Crippen molar-refractivity contribution in [3.63, 3.8) is 0 Å². The first-order chi connectivity index (χ1) is 9.65. The number of hydrogen-bond donors (Lipinski definition) is 2.